The maximum Gasteiger partial charge on any atom is 0.346 e. The van der Waals surface area contributed by atoms with Gasteiger partial charge in [0, 0.05) is 20.1 Å². The normalized spacial score (nSPS) is 16.4. The lowest BCUT2D eigenvalue weighted by Crippen LogP contribution is -2.08. The summed E-state index contributed by atoms with van der Waals surface area (Å²) in [4.78, 5) is 103. The van der Waals surface area contributed by atoms with Crippen molar-refractivity contribution in [2.24, 2.45) is 0 Å². The van der Waals surface area contributed by atoms with Crippen LogP contribution in [0.4, 0.5) is 0 Å². The van der Waals surface area contributed by atoms with E-state index in [0.717, 1.165) is 151 Å². The van der Waals surface area contributed by atoms with E-state index in [4.69, 9.17) is 37.9 Å². The Bertz CT molecular complexity index is 1930. The number of methoxy groups -OCH3 is 8. The van der Waals surface area contributed by atoms with Gasteiger partial charge in [-0.1, -0.05) is 94.1 Å². The number of hydrogen-bond acceptors (Lipinski definition) is 24. The molecule has 0 spiro atoms. The van der Waals surface area contributed by atoms with Crippen LogP contribution in [-0.2, 0) is 76.3 Å². The monoisotopic (exact) mass is 1080 g/mol. The van der Waals surface area contributed by atoms with Crippen LogP contribution in [0.5, 0.6) is 0 Å². The Morgan fingerprint density at radius 1 is 0.293 bits per heavy atom. The van der Waals surface area contributed by atoms with Crippen LogP contribution < -0.4 is 0 Å². The SMILES string of the molecule is COC(=O)C1=C(C(=O)OC)SC(=C(Br)C(=C2SC(C(=O)OC)=C(C(=O)OC)S2)C(=C2SC(C(=O)OC)=C(C(=O)OC)S2)C(Br)=C2SC(C(=O)OC)=C(C(=O)OC)S2)S1. The van der Waals surface area contributed by atoms with Gasteiger partial charge in [-0.05, 0) is 31.9 Å². The van der Waals surface area contributed by atoms with Crippen molar-refractivity contribution < 1.29 is 76.3 Å². The molecule has 0 bridgehead atoms. The second kappa shape index (κ2) is 21.3. The zero-order valence-electron chi connectivity index (χ0n) is 30.6. The van der Waals surface area contributed by atoms with Gasteiger partial charge in [0.2, 0.25) is 0 Å². The number of carbonyl (C=O) groups excluding carboxylic acids is 8. The van der Waals surface area contributed by atoms with Gasteiger partial charge < -0.3 is 37.9 Å². The van der Waals surface area contributed by atoms with Crippen LogP contribution in [0.3, 0.4) is 0 Å². The van der Waals surface area contributed by atoms with E-state index in [2.05, 4.69) is 31.9 Å². The predicted octanol–water partition coefficient (Wildman–Crippen LogP) is 6.69. The van der Waals surface area contributed by atoms with E-state index in [0.29, 0.717) is 0 Å². The number of hydrogen-bond donors (Lipinski definition) is 0. The first-order chi connectivity index (χ1) is 27.6. The van der Waals surface area contributed by atoms with Crippen LogP contribution in [0.1, 0.15) is 0 Å². The number of ether oxygens (including phenoxy) is 8. The predicted molar refractivity (Wildman–Crippen MR) is 231 cm³/mol. The van der Waals surface area contributed by atoms with Crippen molar-refractivity contribution in [3.8, 4) is 0 Å². The van der Waals surface area contributed by atoms with Crippen molar-refractivity contribution in [1.29, 1.82) is 0 Å². The molecule has 0 N–H and O–H groups in total. The molecule has 26 heteroatoms. The molecule has 0 unspecified atom stereocenters. The highest BCUT2D eigenvalue weighted by atomic mass is 79.9. The van der Waals surface area contributed by atoms with Crippen molar-refractivity contribution in [3.05, 3.63) is 76.3 Å². The molecule has 4 aliphatic heterocycles. The molecule has 0 saturated heterocycles. The molecule has 0 aromatic rings. The Kier molecular flexibility index (Phi) is 17.7. The molecule has 4 rings (SSSR count). The maximum absolute atomic E-state index is 13.1. The van der Waals surface area contributed by atoms with Crippen molar-refractivity contribution in [2.75, 3.05) is 56.9 Å². The molecule has 58 heavy (non-hydrogen) atoms. The minimum atomic E-state index is -0.890. The van der Waals surface area contributed by atoms with Gasteiger partial charge in [-0.2, -0.15) is 0 Å². The van der Waals surface area contributed by atoms with Crippen LogP contribution >= 0.6 is 126 Å². The van der Waals surface area contributed by atoms with E-state index in [1.807, 2.05) is 0 Å². The standard InChI is InChI=1S/C32H24Br2O16S8/c1-43-21(35)13-14(22(36)44-2)52-29(51-13)9(11(33)31-55-17(25(39)47-5)18(56-31)26(40)48-6)10(30-53-15(23(37)45-3)16(54-30)24(38)46-4)12(34)32-57-19(27(41)49-7)20(58-32)28(42)50-8/h1-8H3. The zero-order chi connectivity index (χ0) is 43.2. The molecule has 310 valence electrons. The summed E-state index contributed by atoms with van der Waals surface area (Å²) in [7, 11) is 8.96. The van der Waals surface area contributed by atoms with Gasteiger partial charge in [0.1, 0.15) is 39.2 Å². The molecular formula is C32H24Br2O16S8. The third-order valence-corrected chi connectivity index (χ3v) is 19.7. The summed E-state index contributed by atoms with van der Waals surface area (Å²) < 4.78 is 40.9. The fourth-order valence-corrected chi connectivity index (χ4v) is 16.4. The van der Waals surface area contributed by atoms with E-state index >= 15 is 0 Å². The lowest BCUT2D eigenvalue weighted by molar-refractivity contribution is -0.138. The van der Waals surface area contributed by atoms with E-state index in [-0.39, 0.29) is 76.3 Å². The minimum Gasteiger partial charge on any atom is -0.465 e. The second-order valence-electron chi connectivity index (χ2n) is 9.91. The quantitative estimate of drug-likeness (QED) is 0.156. The summed E-state index contributed by atoms with van der Waals surface area (Å²) in [5.74, 6) is -6.99. The Labute approximate surface area is 379 Å². The Hall–Kier alpha value is -2.56. The lowest BCUT2D eigenvalue weighted by Gasteiger charge is -2.20. The van der Waals surface area contributed by atoms with Crippen LogP contribution in [-0.4, -0.2) is 105 Å². The average Bonchev–Trinajstić information content (AvgIpc) is 4.07. The number of allylic oxidation sites excluding steroid dienone is 4. The molecule has 16 nitrogen and oxygen atoms in total. The molecule has 0 amide bonds. The summed E-state index contributed by atoms with van der Waals surface area (Å²) in [6.45, 7) is 0. The van der Waals surface area contributed by atoms with Crippen LogP contribution in [0.15, 0.2) is 76.3 Å². The van der Waals surface area contributed by atoms with Gasteiger partial charge >= 0.3 is 47.8 Å². The zero-order valence-corrected chi connectivity index (χ0v) is 40.3. The Morgan fingerprint density at radius 3 is 0.569 bits per heavy atom. The van der Waals surface area contributed by atoms with E-state index in [9.17, 15) is 38.4 Å². The second-order valence-corrected chi connectivity index (χ2v) is 20.7. The minimum absolute atomic E-state index is 0.124. The van der Waals surface area contributed by atoms with Crippen molar-refractivity contribution in [2.45, 2.75) is 0 Å². The fourth-order valence-electron chi connectivity index (χ4n) is 4.20. The summed E-state index contributed by atoms with van der Waals surface area (Å²) in [5, 5.41) is 0. The summed E-state index contributed by atoms with van der Waals surface area (Å²) in [5.41, 5.74) is 0.273. The number of halogens is 2. The van der Waals surface area contributed by atoms with Crippen molar-refractivity contribution >= 4 is 174 Å². The molecule has 0 aromatic heterocycles. The summed E-state index contributed by atoms with van der Waals surface area (Å²) >= 11 is 13.9. The Balaban J connectivity index is 2.17. The third kappa shape index (κ3) is 9.96. The number of esters is 8. The van der Waals surface area contributed by atoms with E-state index in [1.165, 1.54) is 0 Å². The number of rotatable bonds is 11. The van der Waals surface area contributed by atoms with Gasteiger partial charge in [0.05, 0.1) is 73.8 Å². The molecule has 0 atom stereocenters. The molecule has 4 heterocycles. The van der Waals surface area contributed by atoms with Crippen LogP contribution in [0.25, 0.3) is 0 Å². The largest absolute Gasteiger partial charge is 0.465 e. The van der Waals surface area contributed by atoms with Crippen molar-refractivity contribution in [3.63, 3.8) is 0 Å². The highest BCUT2D eigenvalue weighted by Gasteiger charge is 2.43. The lowest BCUT2D eigenvalue weighted by atomic mass is 10.1. The average molecular weight is 1080 g/mol. The molecule has 0 saturated carbocycles. The molecule has 0 aliphatic carbocycles. The highest BCUT2D eigenvalue weighted by Crippen LogP contribution is 2.64. The summed E-state index contributed by atoms with van der Waals surface area (Å²) in [6.07, 6.45) is 0. The van der Waals surface area contributed by atoms with Gasteiger partial charge in [-0.3, -0.25) is 0 Å². The van der Waals surface area contributed by atoms with E-state index in [1.54, 1.807) is 0 Å². The van der Waals surface area contributed by atoms with E-state index < -0.39 is 47.8 Å². The first-order valence-electron chi connectivity index (χ1n) is 14.9. The van der Waals surface area contributed by atoms with Gasteiger partial charge in [0.25, 0.3) is 0 Å². The third-order valence-electron chi connectivity index (χ3n) is 6.80. The first-order valence-corrected chi connectivity index (χ1v) is 23.0. The first kappa shape index (κ1) is 48.1. The Morgan fingerprint density at radius 2 is 0.431 bits per heavy atom. The molecule has 4 aliphatic rings. The van der Waals surface area contributed by atoms with Crippen LogP contribution in [0, 0.1) is 0 Å². The number of thioether (sulfide) groups is 8. The smallest absolute Gasteiger partial charge is 0.346 e. The van der Waals surface area contributed by atoms with Crippen molar-refractivity contribution in [1.82, 2.24) is 0 Å². The molecule has 0 radical (unpaired) electrons. The highest BCUT2D eigenvalue weighted by molar-refractivity contribution is 9.12. The number of carbonyl (C=O) groups is 8. The van der Waals surface area contributed by atoms with Gasteiger partial charge in [0.15, 0.2) is 0 Å². The molecular weight excluding hydrogens is 1060 g/mol. The van der Waals surface area contributed by atoms with Crippen LogP contribution in [0.2, 0.25) is 0 Å². The molecule has 0 fully saturated rings. The molecule has 0 aromatic carbocycles. The summed E-state index contributed by atoms with van der Waals surface area (Å²) in [6, 6.07) is 0. The maximum atomic E-state index is 13.1. The van der Waals surface area contributed by atoms with Gasteiger partial charge in [-0.25, -0.2) is 38.4 Å². The fraction of sp³-hybridized carbons (Fsp3) is 0.250. The topological polar surface area (TPSA) is 210 Å². The van der Waals surface area contributed by atoms with Gasteiger partial charge in [-0.15, -0.1) is 0 Å².